The van der Waals surface area contributed by atoms with E-state index in [-0.39, 0.29) is 68.7 Å². The number of carbonyl (C=O) groups excluding carboxylic acids is 9. The summed E-state index contributed by atoms with van der Waals surface area (Å²) in [7, 11) is 6.19. The molecule has 7 rings (SSSR count). The van der Waals surface area contributed by atoms with E-state index < -0.39 is 114 Å². The maximum absolute atomic E-state index is 14.9. The molecular weight excluding hydrogens is 1290 g/mol. The molecule has 0 bridgehead atoms. The van der Waals surface area contributed by atoms with Gasteiger partial charge in [0.25, 0.3) is 0 Å². The molecule has 10 amide bonds. The molecule has 25 heteroatoms. The molecule has 0 spiro atoms. The van der Waals surface area contributed by atoms with Crippen LogP contribution in [-0.2, 0) is 60.7 Å². The molecule has 542 valence electrons. The smallest absolute Gasteiger partial charge is 0.410 e. The lowest BCUT2D eigenvalue weighted by Gasteiger charge is -2.41. The number of methoxy groups -OCH3 is 2. The molecule has 1 saturated heterocycles. The molecule has 1 aromatic heterocycles. The Morgan fingerprint density at radius 3 is 1.91 bits per heavy atom. The van der Waals surface area contributed by atoms with Gasteiger partial charge in [-0.1, -0.05) is 160 Å². The van der Waals surface area contributed by atoms with Gasteiger partial charge >= 0.3 is 18.2 Å². The topological polar surface area (TPSA) is 311 Å². The SMILES string of the molecule is CC[C@H](C)[C@@H]([C@@H](CC(=O)N1CCC[C@H]1[C@H](OC)[C@@H](C)C(=O)N[C@@H](Cc1ccccc1)c1nccs1)OC)N(C)C(=O)[C@@H](NC(=O)[C@H](C(C)C)N(C)C(=O)OCc1ccc(NC(=O)[C@H](CCCNC(N)=O)NC(=O)[C@@H](NC(=O)OCC2c3ccccc3-c3ccccc32)C(C)C)cc1)C(C)C. The predicted octanol–water partition coefficient (Wildman–Crippen LogP) is 9.33. The third-order valence-electron chi connectivity index (χ3n) is 19.2. The molecule has 1 aliphatic heterocycles. The summed E-state index contributed by atoms with van der Waals surface area (Å²) < 4.78 is 23.7. The zero-order valence-corrected chi connectivity index (χ0v) is 60.8. The van der Waals surface area contributed by atoms with E-state index in [2.05, 4.69) is 36.9 Å². The summed E-state index contributed by atoms with van der Waals surface area (Å²) in [6, 6.07) is 25.8. The lowest BCUT2D eigenvalue weighted by Crippen LogP contribution is -2.60. The van der Waals surface area contributed by atoms with E-state index in [0.29, 0.717) is 43.5 Å². The number of amides is 10. The zero-order valence-electron chi connectivity index (χ0n) is 60.0. The molecule has 11 atom stereocenters. The summed E-state index contributed by atoms with van der Waals surface area (Å²) in [4.78, 5) is 134. The molecule has 4 aromatic carbocycles. The van der Waals surface area contributed by atoms with Crippen LogP contribution in [0.4, 0.5) is 20.1 Å². The molecule has 0 radical (unpaired) electrons. The van der Waals surface area contributed by atoms with Gasteiger partial charge in [0.15, 0.2) is 0 Å². The second-order valence-electron chi connectivity index (χ2n) is 27.2. The van der Waals surface area contributed by atoms with Crippen molar-refractivity contribution in [3.8, 4) is 11.1 Å². The summed E-state index contributed by atoms with van der Waals surface area (Å²) in [6.07, 6.45) is 1.49. The first-order valence-corrected chi connectivity index (χ1v) is 35.6. The van der Waals surface area contributed by atoms with Gasteiger partial charge in [0.05, 0.1) is 42.7 Å². The highest BCUT2D eigenvalue weighted by Crippen LogP contribution is 2.44. The fraction of sp³-hybridized carbons (Fsp3) is 0.520. The Hall–Kier alpha value is -8.94. The maximum atomic E-state index is 14.9. The molecule has 24 nitrogen and oxygen atoms in total. The van der Waals surface area contributed by atoms with E-state index in [0.717, 1.165) is 32.8 Å². The number of ether oxygens (including phenoxy) is 4. The number of hydrogen-bond donors (Lipinski definition) is 7. The Kier molecular flexibility index (Phi) is 29.4. The van der Waals surface area contributed by atoms with Gasteiger partial charge in [0.2, 0.25) is 35.4 Å². The number of likely N-dealkylation sites (N-methyl/N-ethyl adjacent to an activating group) is 2. The minimum Gasteiger partial charge on any atom is -0.449 e. The highest BCUT2D eigenvalue weighted by molar-refractivity contribution is 7.09. The number of carbonyl (C=O) groups is 9. The molecule has 1 aliphatic carbocycles. The quantitative estimate of drug-likeness (QED) is 0.0186. The molecule has 100 heavy (non-hydrogen) atoms. The number of primary amides is 1. The van der Waals surface area contributed by atoms with Gasteiger partial charge in [-0.2, -0.15) is 0 Å². The number of benzene rings is 4. The number of fused-ring (bicyclic) bond motifs is 3. The Labute approximate surface area is 592 Å². The van der Waals surface area contributed by atoms with Crippen LogP contribution in [0.15, 0.2) is 115 Å². The molecule has 5 aromatic rings. The fourth-order valence-electron chi connectivity index (χ4n) is 13.6. The minimum absolute atomic E-state index is 0.0334. The number of hydrogen-bond acceptors (Lipinski definition) is 15. The summed E-state index contributed by atoms with van der Waals surface area (Å²) >= 11 is 1.47. The van der Waals surface area contributed by atoms with Crippen LogP contribution < -0.4 is 37.6 Å². The number of urea groups is 1. The molecular formula is C75H103N11O13S. The van der Waals surface area contributed by atoms with E-state index in [9.17, 15) is 43.2 Å². The van der Waals surface area contributed by atoms with E-state index in [1.165, 1.54) is 30.4 Å². The Balaban J connectivity index is 0.934. The molecule has 8 N–H and O–H groups in total. The third-order valence-corrected chi connectivity index (χ3v) is 20.1. The normalized spacial score (nSPS) is 16.4. The van der Waals surface area contributed by atoms with Crippen LogP contribution in [0.25, 0.3) is 11.1 Å². The van der Waals surface area contributed by atoms with Crippen molar-refractivity contribution in [1.29, 1.82) is 0 Å². The Morgan fingerprint density at radius 2 is 1.33 bits per heavy atom. The number of aromatic nitrogens is 1. The van der Waals surface area contributed by atoms with Crippen molar-refractivity contribution < 1.29 is 62.1 Å². The maximum Gasteiger partial charge on any atom is 0.410 e. The monoisotopic (exact) mass is 1400 g/mol. The number of alkyl carbamates (subject to hydrolysis) is 1. The van der Waals surface area contributed by atoms with Gasteiger partial charge < -0.3 is 66.4 Å². The second-order valence-corrected chi connectivity index (χ2v) is 28.1. The van der Waals surface area contributed by atoms with Crippen molar-refractivity contribution >= 4 is 70.7 Å². The first-order valence-electron chi connectivity index (χ1n) is 34.7. The van der Waals surface area contributed by atoms with Crippen molar-refractivity contribution in [2.24, 2.45) is 35.3 Å². The van der Waals surface area contributed by atoms with Gasteiger partial charge in [-0.3, -0.25) is 33.7 Å². The summed E-state index contributed by atoms with van der Waals surface area (Å²) in [6.45, 7) is 16.9. The molecule has 0 saturated carbocycles. The lowest BCUT2D eigenvalue weighted by atomic mass is 9.89. The van der Waals surface area contributed by atoms with E-state index in [1.54, 1.807) is 82.1 Å². The molecule has 1 fully saturated rings. The van der Waals surface area contributed by atoms with Crippen LogP contribution in [0.5, 0.6) is 0 Å². The van der Waals surface area contributed by atoms with Crippen LogP contribution in [-0.4, -0.2) is 170 Å². The molecule has 2 aliphatic rings. The van der Waals surface area contributed by atoms with Gasteiger partial charge in [-0.15, -0.1) is 11.3 Å². The van der Waals surface area contributed by atoms with Gasteiger partial charge in [-0.25, -0.2) is 19.4 Å². The summed E-state index contributed by atoms with van der Waals surface area (Å²) in [5.74, 6) is -4.89. The second kappa shape index (κ2) is 37.5. The van der Waals surface area contributed by atoms with Crippen LogP contribution >= 0.6 is 11.3 Å². The number of likely N-dealkylation sites (tertiary alicyclic amines) is 1. The zero-order chi connectivity index (χ0) is 72.9. The third kappa shape index (κ3) is 20.6. The average molecular weight is 1400 g/mol. The number of rotatable bonds is 35. The van der Waals surface area contributed by atoms with Crippen molar-refractivity contribution in [3.63, 3.8) is 0 Å². The van der Waals surface area contributed by atoms with Crippen LogP contribution in [0.1, 0.15) is 140 Å². The van der Waals surface area contributed by atoms with Crippen molar-refractivity contribution in [1.82, 2.24) is 46.3 Å². The minimum atomic E-state index is -1.12. The highest BCUT2D eigenvalue weighted by Gasteiger charge is 2.44. The first kappa shape index (κ1) is 78.4. The average Bonchev–Trinajstić information content (AvgIpc) is 1.61. The number of anilines is 1. The lowest BCUT2D eigenvalue weighted by molar-refractivity contribution is -0.148. The van der Waals surface area contributed by atoms with E-state index in [1.807, 2.05) is 119 Å². The van der Waals surface area contributed by atoms with E-state index in [4.69, 9.17) is 24.7 Å². The molecule has 2 heterocycles. The van der Waals surface area contributed by atoms with Gasteiger partial charge in [0, 0.05) is 64.6 Å². The highest BCUT2D eigenvalue weighted by atomic mass is 32.1. The Morgan fingerprint density at radius 1 is 0.690 bits per heavy atom. The van der Waals surface area contributed by atoms with Crippen molar-refractivity contribution in [2.75, 3.05) is 53.3 Å². The largest absolute Gasteiger partial charge is 0.449 e. The van der Waals surface area contributed by atoms with Crippen molar-refractivity contribution in [3.05, 3.63) is 142 Å². The first-order chi connectivity index (χ1) is 47.8. The van der Waals surface area contributed by atoms with E-state index >= 15 is 0 Å². The predicted molar refractivity (Wildman–Crippen MR) is 383 cm³/mol. The van der Waals surface area contributed by atoms with Crippen LogP contribution in [0.2, 0.25) is 0 Å². The summed E-state index contributed by atoms with van der Waals surface area (Å²) in [5.41, 5.74) is 11.4. The van der Waals surface area contributed by atoms with Gasteiger partial charge in [0.1, 0.15) is 42.4 Å². The number of thiazole rings is 1. The van der Waals surface area contributed by atoms with Crippen LogP contribution in [0, 0.1) is 29.6 Å². The fourth-order valence-corrected chi connectivity index (χ4v) is 14.3. The van der Waals surface area contributed by atoms with Gasteiger partial charge in [-0.05, 0) is 101 Å². The molecule has 0 unspecified atom stereocenters. The van der Waals surface area contributed by atoms with Crippen molar-refractivity contribution in [2.45, 2.75) is 174 Å². The number of nitrogens with two attached hydrogens (primary N) is 1. The van der Waals surface area contributed by atoms with Crippen LogP contribution in [0.3, 0.4) is 0 Å². The number of nitrogens with one attached hydrogen (secondary N) is 6. The summed E-state index contributed by atoms with van der Waals surface area (Å²) in [5, 5.41) is 19.7. The Bertz CT molecular complexity index is 3500. The standard InChI is InChI=1S/C75H103N11O13S/c1-14-47(8)65(60(96-12)41-61(87)86-38-23-31-59(86)66(97-13)48(9)67(88)81-58(71-77-37-39-100-71)40-49-24-16-15-17-25-49)84(10)72(92)63(45(4)5)82-70(91)64(46(6)7)85(11)75(95)99-42-50-32-34-51(35-33-50)79-68(89)57(30-22-36-78-73(76)93)80-69(90)62(44(2)3)83-74(94)98-43-56-54-28-20-18-26-52(54)53-27-19-21-29-55(53)56/h15-21,24-29,32-35,37,39,44-48,56-60,62-66H,14,22-23,30-31,36,38,40-43H2,1-13H3,(H,79,89)(H,80,90)(H,81,88)(H,82,91)(H,83,94)(H3,76,78,93)/t47-,48+,57-,58-,59-,60+,62-,63-,64-,65-,66+/m0/s1. The number of nitrogens with zero attached hydrogens (tertiary/aromatic N) is 4.